The molecule has 0 saturated heterocycles. The van der Waals surface area contributed by atoms with E-state index in [2.05, 4.69) is 20.8 Å². The lowest BCUT2D eigenvalue weighted by Crippen LogP contribution is -2.39. The zero-order valence-corrected chi connectivity index (χ0v) is 24.3. The quantitative estimate of drug-likeness (QED) is 0.227. The number of carbonyl (C=O) groups excluding carboxylic acids is 1. The molecular weight excluding hydrogens is 531 g/mol. The molecule has 0 spiro atoms. The maximum atomic E-state index is 15.7. The molecule has 0 bridgehead atoms. The fourth-order valence-corrected chi connectivity index (χ4v) is 5.26. The van der Waals surface area contributed by atoms with Crippen molar-refractivity contribution in [3.05, 3.63) is 124 Å². The predicted molar refractivity (Wildman–Crippen MR) is 162 cm³/mol. The number of methoxy groups -OCH3 is 1. The largest absolute Gasteiger partial charge is 0.497 e. The molecule has 9 heteroatoms. The minimum absolute atomic E-state index is 0.112. The van der Waals surface area contributed by atoms with E-state index in [0.29, 0.717) is 22.8 Å². The SMILES string of the molecule is COc1ccc(N(CC(=O)Nc2c(C)cccc2C)C(c2ccccc2F)c2nnnn2-c2c(C)cccc2C)cc1. The van der Waals surface area contributed by atoms with Crippen molar-refractivity contribution in [2.45, 2.75) is 33.7 Å². The molecule has 214 valence electrons. The van der Waals surface area contributed by atoms with Gasteiger partial charge >= 0.3 is 0 Å². The van der Waals surface area contributed by atoms with Gasteiger partial charge in [-0.15, -0.1) is 5.10 Å². The number of ether oxygens (including phenoxy) is 1. The first-order valence-electron chi connectivity index (χ1n) is 13.6. The summed E-state index contributed by atoms with van der Waals surface area (Å²) in [7, 11) is 1.59. The number of para-hydroxylation sites is 2. The third-order valence-electron chi connectivity index (χ3n) is 7.36. The Morgan fingerprint density at radius 2 is 1.50 bits per heavy atom. The van der Waals surface area contributed by atoms with Crippen molar-refractivity contribution >= 4 is 17.3 Å². The number of tetrazole rings is 1. The van der Waals surface area contributed by atoms with E-state index >= 15 is 4.39 Å². The Labute approximate surface area is 244 Å². The van der Waals surface area contributed by atoms with Gasteiger partial charge in [-0.1, -0.05) is 54.6 Å². The number of aryl methyl sites for hydroxylation is 4. The summed E-state index contributed by atoms with van der Waals surface area (Å²) in [6.45, 7) is 7.74. The number of nitrogens with zero attached hydrogens (tertiary/aromatic N) is 5. The van der Waals surface area contributed by atoms with Crippen LogP contribution < -0.4 is 15.0 Å². The average Bonchev–Trinajstić information content (AvgIpc) is 3.44. The van der Waals surface area contributed by atoms with Crippen molar-refractivity contribution in [3.63, 3.8) is 0 Å². The predicted octanol–water partition coefficient (Wildman–Crippen LogP) is 6.28. The molecular formula is C33H33FN6O2. The second kappa shape index (κ2) is 12.2. The van der Waals surface area contributed by atoms with Crippen LogP contribution in [0, 0.1) is 33.5 Å². The number of amides is 1. The third-order valence-corrected chi connectivity index (χ3v) is 7.36. The van der Waals surface area contributed by atoms with Crippen molar-refractivity contribution in [2.75, 3.05) is 23.9 Å². The van der Waals surface area contributed by atoms with Crippen LogP contribution in [0.2, 0.25) is 0 Å². The van der Waals surface area contributed by atoms with Gasteiger partial charge < -0.3 is 15.0 Å². The van der Waals surface area contributed by atoms with E-state index in [-0.39, 0.29) is 12.5 Å². The molecule has 0 fully saturated rings. The minimum Gasteiger partial charge on any atom is -0.497 e. The van der Waals surface area contributed by atoms with E-state index in [1.54, 1.807) is 42.1 Å². The number of halogens is 1. The first-order chi connectivity index (χ1) is 20.3. The number of aromatic nitrogens is 4. The number of anilines is 2. The maximum Gasteiger partial charge on any atom is 0.243 e. The fraction of sp³-hybridized carbons (Fsp3) is 0.212. The summed E-state index contributed by atoms with van der Waals surface area (Å²) >= 11 is 0. The van der Waals surface area contributed by atoms with Gasteiger partial charge in [0, 0.05) is 16.9 Å². The van der Waals surface area contributed by atoms with Crippen LogP contribution in [0.15, 0.2) is 84.9 Å². The molecule has 1 aromatic heterocycles. The van der Waals surface area contributed by atoms with Gasteiger partial charge in [-0.25, -0.2) is 4.39 Å². The van der Waals surface area contributed by atoms with Crippen LogP contribution in [0.3, 0.4) is 0 Å². The van der Waals surface area contributed by atoms with E-state index in [0.717, 1.165) is 33.6 Å². The van der Waals surface area contributed by atoms with Gasteiger partial charge in [0.1, 0.15) is 17.6 Å². The zero-order valence-electron chi connectivity index (χ0n) is 24.3. The Kier molecular flexibility index (Phi) is 8.28. The zero-order chi connectivity index (χ0) is 29.8. The van der Waals surface area contributed by atoms with Crippen LogP contribution >= 0.6 is 0 Å². The smallest absolute Gasteiger partial charge is 0.243 e. The number of benzene rings is 4. The van der Waals surface area contributed by atoms with Crippen LogP contribution in [-0.4, -0.2) is 39.8 Å². The fourth-order valence-electron chi connectivity index (χ4n) is 5.26. The minimum atomic E-state index is -0.864. The molecule has 0 aliphatic rings. The highest BCUT2D eigenvalue weighted by Gasteiger charge is 2.33. The van der Waals surface area contributed by atoms with Crippen LogP contribution in [-0.2, 0) is 4.79 Å². The highest BCUT2D eigenvalue weighted by Crippen LogP contribution is 2.35. The lowest BCUT2D eigenvalue weighted by Gasteiger charge is -2.33. The van der Waals surface area contributed by atoms with Gasteiger partial charge in [0.05, 0.1) is 19.3 Å². The highest BCUT2D eigenvalue weighted by molar-refractivity contribution is 5.95. The van der Waals surface area contributed by atoms with Crippen LogP contribution in [0.4, 0.5) is 15.8 Å². The molecule has 1 unspecified atom stereocenters. The molecule has 1 amide bonds. The Morgan fingerprint density at radius 3 is 2.12 bits per heavy atom. The molecule has 0 saturated carbocycles. The average molecular weight is 565 g/mol. The summed E-state index contributed by atoms with van der Waals surface area (Å²) in [6.07, 6.45) is 0. The molecule has 5 rings (SSSR count). The molecule has 0 aliphatic heterocycles. The Balaban J connectivity index is 1.68. The third kappa shape index (κ3) is 5.72. The lowest BCUT2D eigenvalue weighted by molar-refractivity contribution is -0.115. The molecule has 4 aromatic carbocycles. The Hall–Kier alpha value is -5.05. The van der Waals surface area contributed by atoms with E-state index in [4.69, 9.17) is 4.74 Å². The van der Waals surface area contributed by atoms with E-state index in [1.165, 1.54) is 6.07 Å². The van der Waals surface area contributed by atoms with Gasteiger partial charge in [0.2, 0.25) is 5.91 Å². The molecule has 1 heterocycles. The Morgan fingerprint density at radius 1 is 0.881 bits per heavy atom. The van der Waals surface area contributed by atoms with E-state index < -0.39 is 11.9 Å². The second-order valence-electron chi connectivity index (χ2n) is 10.3. The van der Waals surface area contributed by atoms with Crippen molar-refractivity contribution in [1.29, 1.82) is 0 Å². The van der Waals surface area contributed by atoms with Crippen LogP contribution in [0.5, 0.6) is 5.75 Å². The van der Waals surface area contributed by atoms with Crippen LogP contribution in [0.25, 0.3) is 5.69 Å². The van der Waals surface area contributed by atoms with E-state index in [1.807, 2.05) is 81.1 Å². The standard InChI is InChI=1S/C33H33FN6O2/c1-21-10-8-11-22(2)30(21)35-29(41)20-39(25-16-18-26(42-5)19-17-25)32(27-14-6-7-15-28(27)34)33-36-37-38-40(33)31-23(3)12-9-13-24(31)4/h6-19,32H,20H2,1-5H3,(H,35,41). The Bertz CT molecular complexity index is 1680. The van der Waals surface area contributed by atoms with E-state index in [9.17, 15) is 4.79 Å². The maximum absolute atomic E-state index is 15.7. The van der Waals surface area contributed by atoms with Gasteiger partial charge in [0.15, 0.2) is 5.82 Å². The van der Waals surface area contributed by atoms with Gasteiger partial charge in [-0.3, -0.25) is 4.79 Å². The van der Waals surface area contributed by atoms with Crippen molar-refractivity contribution in [3.8, 4) is 11.4 Å². The van der Waals surface area contributed by atoms with Crippen molar-refractivity contribution in [2.24, 2.45) is 0 Å². The highest BCUT2D eigenvalue weighted by atomic mass is 19.1. The van der Waals surface area contributed by atoms with Crippen molar-refractivity contribution < 1.29 is 13.9 Å². The monoisotopic (exact) mass is 564 g/mol. The lowest BCUT2D eigenvalue weighted by atomic mass is 10.0. The topological polar surface area (TPSA) is 85.2 Å². The summed E-state index contributed by atoms with van der Waals surface area (Å²) in [5.41, 5.74) is 6.35. The molecule has 1 N–H and O–H groups in total. The first-order valence-corrected chi connectivity index (χ1v) is 13.6. The van der Waals surface area contributed by atoms with Crippen molar-refractivity contribution in [1.82, 2.24) is 20.2 Å². The molecule has 42 heavy (non-hydrogen) atoms. The summed E-state index contributed by atoms with van der Waals surface area (Å²) in [5.74, 6) is 0.317. The number of carbonyl (C=O) groups is 1. The first kappa shape index (κ1) is 28.5. The summed E-state index contributed by atoms with van der Waals surface area (Å²) < 4.78 is 22.7. The normalized spacial score (nSPS) is 11.7. The molecule has 8 nitrogen and oxygen atoms in total. The molecule has 5 aromatic rings. The summed E-state index contributed by atoms with van der Waals surface area (Å²) in [4.78, 5) is 15.6. The number of hydrogen-bond donors (Lipinski definition) is 1. The number of hydrogen-bond acceptors (Lipinski definition) is 6. The molecule has 0 aliphatic carbocycles. The second-order valence-corrected chi connectivity index (χ2v) is 10.3. The molecule has 1 atom stereocenters. The van der Waals surface area contributed by atoms with Gasteiger partial charge in [0.25, 0.3) is 0 Å². The number of nitrogens with one attached hydrogen (secondary N) is 1. The summed E-state index contributed by atoms with van der Waals surface area (Å²) in [5, 5.41) is 15.9. The summed E-state index contributed by atoms with van der Waals surface area (Å²) in [6, 6.07) is 24.7. The van der Waals surface area contributed by atoms with Crippen LogP contribution in [0.1, 0.15) is 39.7 Å². The van der Waals surface area contributed by atoms with Gasteiger partial charge in [-0.2, -0.15) is 4.68 Å². The van der Waals surface area contributed by atoms with Gasteiger partial charge in [-0.05, 0) is 90.7 Å². The molecule has 0 radical (unpaired) electrons. The number of rotatable bonds is 9.